The van der Waals surface area contributed by atoms with Crippen molar-refractivity contribution in [2.24, 2.45) is 0 Å². The standard InChI is InChI=1S/C24H20F3N3O3S/c25-24(26,27)13-20(32)28-10-5-11-30-17-8-3-2-7-16(17)22(29-21(33)14-31)23(30)19-12-15-6-1-4-9-18(15)34-19/h1-4,6-9,12,14H,5,10-11,13H2,(H,28,32)(H,29,33). The zero-order valence-corrected chi connectivity index (χ0v) is 18.6. The highest BCUT2D eigenvalue weighted by molar-refractivity contribution is 7.22. The number of fused-ring (bicyclic) bond motifs is 2. The van der Waals surface area contributed by atoms with E-state index >= 15 is 0 Å². The van der Waals surface area contributed by atoms with Gasteiger partial charge in [-0.05, 0) is 30.0 Å². The van der Waals surface area contributed by atoms with Crippen molar-refractivity contribution >= 4 is 56.1 Å². The van der Waals surface area contributed by atoms with Gasteiger partial charge in [-0.2, -0.15) is 13.2 Å². The molecule has 10 heteroatoms. The van der Waals surface area contributed by atoms with E-state index in [4.69, 9.17) is 0 Å². The molecule has 2 aromatic heterocycles. The van der Waals surface area contributed by atoms with E-state index in [1.54, 1.807) is 0 Å². The summed E-state index contributed by atoms with van der Waals surface area (Å²) in [6.45, 7) is 0.427. The lowest BCUT2D eigenvalue weighted by atomic mass is 10.2. The van der Waals surface area contributed by atoms with Crippen LogP contribution in [0.5, 0.6) is 0 Å². The quantitative estimate of drug-likeness (QED) is 0.206. The van der Waals surface area contributed by atoms with E-state index in [1.165, 1.54) is 11.3 Å². The highest BCUT2D eigenvalue weighted by Crippen LogP contribution is 2.43. The molecule has 0 saturated carbocycles. The first kappa shape index (κ1) is 23.5. The Balaban J connectivity index is 1.71. The zero-order chi connectivity index (χ0) is 24.3. The highest BCUT2D eigenvalue weighted by Gasteiger charge is 2.31. The molecule has 176 valence electrons. The van der Waals surface area contributed by atoms with Crippen molar-refractivity contribution in [3.63, 3.8) is 0 Å². The van der Waals surface area contributed by atoms with Crippen molar-refractivity contribution in [2.75, 3.05) is 11.9 Å². The Labute approximate surface area is 196 Å². The second-order valence-electron chi connectivity index (χ2n) is 7.64. The molecule has 2 heterocycles. The number of carbonyl (C=O) groups is 3. The number of para-hydroxylation sites is 1. The van der Waals surface area contributed by atoms with Crippen LogP contribution < -0.4 is 10.6 Å². The number of aryl methyl sites for hydroxylation is 1. The van der Waals surface area contributed by atoms with E-state index in [2.05, 4.69) is 10.6 Å². The summed E-state index contributed by atoms with van der Waals surface area (Å²) in [6.07, 6.45) is -5.51. The Kier molecular flexibility index (Phi) is 6.69. The number of rotatable bonds is 8. The molecule has 0 spiro atoms. The highest BCUT2D eigenvalue weighted by atomic mass is 32.1. The van der Waals surface area contributed by atoms with Crippen LogP contribution in [-0.4, -0.2) is 35.4 Å². The number of nitrogens with zero attached hydrogens (tertiary/aromatic N) is 1. The van der Waals surface area contributed by atoms with Gasteiger partial charge in [0.15, 0.2) is 0 Å². The predicted octanol–water partition coefficient (Wildman–Crippen LogP) is 5.12. The lowest BCUT2D eigenvalue weighted by Gasteiger charge is -2.12. The van der Waals surface area contributed by atoms with Gasteiger partial charge in [-0.25, -0.2) is 0 Å². The van der Waals surface area contributed by atoms with Crippen molar-refractivity contribution in [1.82, 2.24) is 9.88 Å². The Morgan fingerprint density at radius 3 is 2.53 bits per heavy atom. The molecule has 0 unspecified atom stereocenters. The number of benzene rings is 2. The fourth-order valence-corrected chi connectivity index (χ4v) is 5.00. The van der Waals surface area contributed by atoms with Crippen LogP contribution in [0.25, 0.3) is 31.6 Å². The predicted molar refractivity (Wildman–Crippen MR) is 126 cm³/mol. The van der Waals surface area contributed by atoms with Gasteiger partial charge in [0.25, 0.3) is 5.91 Å². The van der Waals surface area contributed by atoms with Crippen LogP contribution in [0.2, 0.25) is 0 Å². The van der Waals surface area contributed by atoms with Gasteiger partial charge in [-0.1, -0.05) is 36.4 Å². The summed E-state index contributed by atoms with van der Waals surface area (Å²) >= 11 is 1.52. The van der Waals surface area contributed by atoms with Gasteiger partial charge in [0, 0.05) is 23.2 Å². The second kappa shape index (κ2) is 9.68. The lowest BCUT2D eigenvalue weighted by Crippen LogP contribution is -2.29. The van der Waals surface area contributed by atoms with Gasteiger partial charge >= 0.3 is 6.18 Å². The van der Waals surface area contributed by atoms with Crippen molar-refractivity contribution in [3.05, 3.63) is 54.6 Å². The van der Waals surface area contributed by atoms with Crippen molar-refractivity contribution in [1.29, 1.82) is 0 Å². The number of carbonyl (C=O) groups excluding carboxylic acids is 3. The maximum atomic E-state index is 12.4. The third kappa shape index (κ3) is 5.12. The summed E-state index contributed by atoms with van der Waals surface area (Å²) in [5, 5.41) is 6.73. The normalized spacial score (nSPS) is 11.6. The molecule has 2 aromatic carbocycles. The fraction of sp³-hybridized carbons (Fsp3) is 0.208. The van der Waals surface area contributed by atoms with E-state index in [-0.39, 0.29) is 12.8 Å². The van der Waals surface area contributed by atoms with E-state index in [0.717, 1.165) is 25.9 Å². The number of anilines is 1. The first-order valence-electron chi connectivity index (χ1n) is 10.5. The van der Waals surface area contributed by atoms with E-state index in [1.807, 2.05) is 59.2 Å². The van der Waals surface area contributed by atoms with Crippen molar-refractivity contribution < 1.29 is 27.6 Å². The van der Waals surface area contributed by atoms with Gasteiger partial charge in [-0.3, -0.25) is 14.4 Å². The van der Waals surface area contributed by atoms with Crippen LogP contribution in [0.3, 0.4) is 0 Å². The molecular weight excluding hydrogens is 467 g/mol. The van der Waals surface area contributed by atoms with Gasteiger partial charge in [0.05, 0.1) is 21.8 Å². The topological polar surface area (TPSA) is 80.2 Å². The Morgan fingerprint density at radius 1 is 1.06 bits per heavy atom. The smallest absolute Gasteiger partial charge is 0.356 e. The maximum absolute atomic E-state index is 12.4. The molecule has 2 N–H and O–H groups in total. The molecule has 0 radical (unpaired) electrons. The third-order valence-corrected chi connectivity index (χ3v) is 6.35. The minimum atomic E-state index is -4.55. The molecule has 0 aliphatic heterocycles. The van der Waals surface area contributed by atoms with Crippen LogP contribution in [0.15, 0.2) is 54.6 Å². The van der Waals surface area contributed by atoms with Gasteiger partial charge in [0.2, 0.25) is 12.2 Å². The summed E-state index contributed by atoms with van der Waals surface area (Å²) in [5.41, 5.74) is 1.97. The number of nitrogens with one attached hydrogen (secondary N) is 2. The summed E-state index contributed by atoms with van der Waals surface area (Å²) in [4.78, 5) is 35.5. The summed E-state index contributed by atoms with van der Waals surface area (Å²) in [5.74, 6) is -1.86. The lowest BCUT2D eigenvalue weighted by molar-refractivity contribution is -0.153. The van der Waals surface area contributed by atoms with Gasteiger partial charge < -0.3 is 15.2 Å². The Morgan fingerprint density at radius 2 is 1.79 bits per heavy atom. The van der Waals surface area contributed by atoms with Crippen LogP contribution in [0, 0.1) is 0 Å². The molecule has 0 atom stereocenters. The van der Waals surface area contributed by atoms with Crippen molar-refractivity contribution in [2.45, 2.75) is 25.6 Å². The zero-order valence-electron chi connectivity index (χ0n) is 17.8. The van der Waals surface area contributed by atoms with Crippen LogP contribution in [0.1, 0.15) is 12.8 Å². The molecule has 6 nitrogen and oxygen atoms in total. The number of hydrogen-bond acceptors (Lipinski definition) is 4. The van der Waals surface area contributed by atoms with E-state index < -0.39 is 24.4 Å². The van der Waals surface area contributed by atoms with Crippen LogP contribution in [0.4, 0.5) is 18.9 Å². The SMILES string of the molecule is O=CC(=O)Nc1c(-c2cc3ccccc3s2)n(CCCNC(=O)CC(F)(F)F)c2ccccc12. The monoisotopic (exact) mass is 487 g/mol. The minimum Gasteiger partial charge on any atom is -0.356 e. The average Bonchev–Trinajstić information content (AvgIpc) is 3.34. The molecule has 0 fully saturated rings. The number of aromatic nitrogens is 1. The molecule has 4 rings (SSSR count). The number of amides is 2. The van der Waals surface area contributed by atoms with Gasteiger partial charge in [0.1, 0.15) is 6.42 Å². The molecule has 34 heavy (non-hydrogen) atoms. The Hall–Kier alpha value is -3.66. The number of alkyl halides is 3. The van der Waals surface area contributed by atoms with Gasteiger partial charge in [-0.15, -0.1) is 11.3 Å². The average molecular weight is 488 g/mol. The molecule has 2 amide bonds. The molecule has 0 aliphatic carbocycles. The number of aldehydes is 1. The first-order chi connectivity index (χ1) is 16.3. The number of hydrogen-bond donors (Lipinski definition) is 2. The summed E-state index contributed by atoms with van der Waals surface area (Å²) in [7, 11) is 0. The number of thiophene rings is 1. The molecule has 4 aromatic rings. The second-order valence-corrected chi connectivity index (χ2v) is 8.73. The Bertz CT molecular complexity index is 1340. The summed E-state index contributed by atoms with van der Waals surface area (Å²) in [6, 6.07) is 17.1. The first-order valence-corrected chi connectivity index (χ1v) is 11.3. The third-order valence-electron chi connectivity index (χ3n) is 5.23. The van der Waals surface area contributed by atoms with Crippen molar-refractivity contribution in [3.8, 4) is 10.6 Å². The summed E-state index contributed by atoms with van der Waals surface area (Å²) < 4.78 is 40.2. The van der Waals surface area contributed by atoms with Crippen LogP contribution >= 0.6 is 11.3 Å². The molecule has 0 bridgehead atoms. The minimum absolute atomic E-state index is 0.0588. The molecule has 0 aliphatic rings. The maximum Gasteiger partial charge on any atom is 0.397 e. The largest absolute Gasteiger partial charge is 0.397 e. The van der Waals surface area contributed by atoms with E-state index in [9.17, 15) is 27.6 Å². The molecule has 0 saturated heterocycles. The fourth-order valence-electron chi connectivity index (χ4n) is 3.88. The number of halogens is 3. The van der Waals surface area contributed by atoms with E-state index in [0.29, 0.717) is 24.3 Å². The molecular formula is C24H20F3N3O3S. The van der Waals surface area contributed by atoms with Crippen LogP contribution in [-0.2, 0) is 20.9 Å².